The largest absolute Gasteiger partial charge is 0.496 e. The van der Waals surface area contributed by atoms with Crippen molar-refractivity contribution < 1.29 is 14.3 Å². The third kappa shape index (κ3) is 4.22. The minimum absolute atomic E-state index is 0.149. The lowest BCUT2D eigenvalue weighted by Gasteiger charge is -2.10. The smallest absolute Gasteiger partial charge is 0.261 e. The summed E-state index contributed by atoms with van der Waals surface area (Å²) in [7, 11) is 1.49. The molecule has 0 aliphatic rings. The lowest BCUT2D eigenvalue weighted by molar-refractivity contribution is 0.0928. The zero-order chi connectivity index (χ0) is 15.9. The van der Waals surface area contributed by atoms with Crippen LogP contribution in [0.1, 0.15) is 20.0 Å². The topological polar surface area (TPSA) is 67.4 Å². The molecule has 0 aliphatic heterocycles. The van der Waals surface area contributed by atoms with Gasteiger partial charge >= 0.3 is 0 Å². The Morgan fingerprint density at radius 1 is 1.18 bits per heavy atom. The molecule has 2 amide bonds. The first-order valence-electron chi connectivity index (χ1n) is 6.55. The van der Waals surface area contributed by atoms with Crippen molar-refractivity contribution in [2.45, 2.75) is 0 Å². The van der Waals surface area contributed by atoms with Crippen molar-refractivity contribution in [3.8, 4) is 5.75 Å². The first-order chi connectivity index (χ1) is 10.6. The number of carbonyl (C=O) groups is 2. The first kappa shape index (κ1) is 16.3. The molecule has 0 aliphatic carbocycles. The molecule has 0 unspecified atom stereocenters. The van der Waals surface area contributed by atoms with Crippen LogP contribution in [-0.4, -0.2) is 32.0 Å². The Labute approximate surface area is 137 Å². The van der Waals surface area contributed by atoms with E-state index in [4.69, 9.17) is 16.3 Å². The molecule has 1 aromatic heterocycles. The van der Waals surface area contributed by atoms with Gasteiger partial charge in [0.05, 0.1) is 17.6 Å². The predicted molar refractivity (Wildman–Crippen MR) is 87.0 cm³/mol. The summed E-state index contributed by atoms with van der Waals surface area (Å²) in [5, 5.41) is 7.73. The van der Waals surface area contributed by atoms with Gasteiger partial charge < -0.3 is 15.4 Å². The lowest BCUT2D eigenvalue weighted by Crippen LogP contribution is -2.34. The van der Waals surface area contributed by atoms with Crippen LogP contribution in [0.5, 0.6) is 5.75 Å². The highest BCUT2D eigenvalue weighted by Crippen LogP contribution is 2.22. The van der Waals surface area contributed by atoms with E-state index in [1.54, 1.807) is 24.3 Å². The summed E-state index contributed by atoms with van der Waals surface area (Å²) in [4.78, 5) is 24.4. The Balaban J connectivity index is 1.83. The molecule has 0 radical (unpaired) electrons. The number of hydrogen-bond donors (Lipinski definition) is 2. The fourth-order valence-corrected chi connectivity index (χ4v) is 2.61. The molecule has 0 atom stereocenters. The number of nitrogens with one attached hydrogen (secondary N) is 2. The zero-order valence-electron chi connectivity index (χ0n) is 11.9. The SMILES string of the molecule is COc1ccc(Cl)cc1C(=O)NCCNC(=O)c1cccs1. The van der Waals surface area contributed by atoms with Gasteiger partial charge in [0, 0.05) is 18.1 Å². The Hall–Kier alpha value is -2.05. The first-order valence-corrected chi connectivity index (χ1v) is 7.81. The highest BCUT2D eigenvalue weighted by atomic mass is 35.5. The summed E-state index contributed by atoms with van der Waals surface area (Å²) in [6, 6.07) is 8.39. The summed E-state index contributed by atoms with van der Waals surface area (Å²) in [6.45, 7) is 0.650. The van der Waals surface area contributed by atoms with Crippen LogP contribution in [0.25, 0.3) is 0 Å². The summed E-state index contributed by atoms with van der Waals surface area (Å²) < 4.78 is 5.13. The minimum atomic E-state index is -0.301. The molecule has 7 heteroatoms. The van der Waals surface area contributed by atoms with Crippen molar-refractivity contribution >= 4 is 34.8 Å². The Kier molecular flexibility index (Phi) is 5.80. The van der Waals surface area contributed by atoms with Crippen LogP contribution in [0.2, 0.25) is 5.02 Å². The van der Waals surface area contributed by atoms with Crippen molar-refractivity contribution in [3.05, 3.63) is 51.2 Å². The second kappa shape index (κ2) is 7.82. The molecular weight excluding hydrogens is 324 g/mol. The van der Waals surface area contributed by atoms with E-state index in [-0.39, 0.29) is 11.8 Å². The normalized spacial score (nSPS) is 10.1. The quantitative estimate of drug-likeness (QED) is 0.795. The van der Waals surface area contributed by atoms with Gasteiger partial charge in [0.2, 0.25) is 0 Å². The van der Waals surface area contributed by atoms with Crippen LogP contribution in [0, 0.1) is 0 Å². The highest BCUT2D eigenvalue weighted by Gasteiger charge is 2.12. The summed E-state index contributed by atoms with van der Waals surface area (Å²) in [5.74, 6) is -0.00108. The fourth-order valence-electron chi connectivity index (χ4n) is 1.80. The molecule has 0 fully saturated rings. The van der Waals surface area contributed by atoms with Crippen LogP contribution in [0.15, 0.2) is 35.7 Å². The number of carbonyl (C=O) groups excluding carboxylic acids is 2. The summed E-state index contributed by atoms with van der Waals surface area (Å²) in [5.41, 5.74) is 0.361. The van der Waals surface area contributed by atoms with Crippen LogP contribution < -0.4 is 15.4 Å². The molecule has 0 saturated carbocycles. The molecule has 22 heavy (non-hydrogen) atoms. The maximum Gasteiger partial charge on any atom is 0.261 e. The zero-order valence-corrected chi connectivity index (χ0v) is 13.5. The molecule has 1 aromatic carbocycles. The Morgan fingerprint density at radius 3 is 2.55 bits per heavy atom. The molecular formula is C15H15ClN2O3S. The van der Waals surface area contributed by atoms with E-state index >= 15 is 0 Å². The molecule has 0 saturated heterocycles. The monoisotopic (exact) mass is 338 g/mol. The average molecular weight is 339 g/mol. The van der Waals surface area contributed by atoms with Gasteiger partial charge in [-0.15, -0.1) is 11.3 Å². The standard InChI is InChI=1S/C15H15ClN2O3S/c1-21-12-5-4-10(16)9-11(12)14(19)17-6-7-18-15(20)13-3-2-8-22-13/h2-5,8-9H,6-7H2,1H3,(H,17,19)(H,18,20). The molecule has 2 rings (SSSR count). The molecule has 2 N–H and O–H groups in total. The van der Waals surface area contributed by atoms with Crippen LogP contribution in [0.4, 0.5) is 0 Å². The van der Waals surface area contributed by atoms with Crippen LogP contribution in [-0.2, 0) is 0 Å². The van der Waals surface area contributed by atoms with Gasteiger partial charge in [0.1, 0.15) is 5.75 Å². The van der Waals surface area contributed by atoms with Crippen molar-refractivity contribution in [3.63, 3.8) is 0 Å². The highest BCUT2D eigenvalue weighted by molar-refractivity contribution is 7.12. The molecule has 116 valence electrons. The fraction of sp³-hybridized carbons (Fsp3) is 0.200. The van der Waals surface area contributed by atoms with Crippen molar-refractivity contribution in [1.82, 2.24) is 10.6 Å². The van der Waals surface area contributed by atoms with E-state index in [1.807, 2.05) is 11.4 Å². The van der Waals surface area contributed by atoms with E-state index in [0.717, 1.165) is 0 Å². The number of benzene rings is 1. The number of halogens is 1. The van der Waals surface area contributed by atoms with E-state index in [2.05, 4.69) is 10.6 Å². The maximum absolute atomic E-state index is 12.1. The molecule has 0 bridgehead atoms. The maximum atomic E-state index is 12.1. The minimum Gasteiger partial charge on any atom is -0.496 e. The van der Waals surface area contributed by atoms with E-state index in [9.17, 15) is 9.59 Å². The predicted octanol–water partition coefficient (Wildman–Crippen LogP) is 2.57. The molecule has 2 aromatic rings. The number of amides is 2. The van der Waals surface area contributed by atoms with E-state index < -0.39 is 0 Å². The van der Waals surface area contributed by atoms with Gasteiger partial charge in [-0.1, -0.05) is 17.7 Å². The third-order valence-electron chi connectivity index (χ3n) is 2.85. The summed E-state index contributed by atoms with van der Waals surface area (Å²) >= 11 is 7.25. The van der Waals surface area contributed by atoms with E-state index in [0.29, 0.717) is 34.3 Å². The van der Waals surface area contributed by atoms with Crippen molar-refractivity contribution in [1.29, 1.82) is 0 Å². The second-order valence-electron chi connectivity index (χ2n) is 4.33. The second-order valence-corrected chi connectivity index (χ2v) is 5.72. The van der Waals surface area contributed by atoms with Crippen molar-refractivity contribution in [2.24, 2.45) is 0 Å². The van der Waals surface area contributed by atoms with Gasteiger partial charge in [-0.05, 0) is 29.6 Å². The van der Waals surface area contributed by atoms with Gasteiger partial charge in [-0.25, -0.2) is 0 Å². The average Bonchev–Trinajstić information content (AvgIpc) is 3.05. The lowest BCUT2D eigenvalue weighted by atomic mass is 10.2. The van der Waals surface area contributed by atoms with Crippen LogP contribution >= 0.6 is 22.9 Å². The summed E-state index contributed by atoms with van der Waals surface area (Å²) in [6.07, 6.45) is 0. The number of hydrogen-bond acceptors (Lipinski definition) is 4. The molecule has 1 heterocycles. The van der Waals surface area contributed by atoms with Gasteiger partial charge in [0.15, 0.2) is 0 Å². The van der Waals surface area contributed by atoms with Crippen molar-refractivity contribution in [2.75, 3.05) is 20.2 Å². The van der Waals surface area contributed by atoms with Crippen LogP contribution in [0.3, 0.4) is 0 Å². The molecule has 0 spiro atoms. The molecule has 5 nitrogen and oxygen atoms in total. The number of ether oxygens (including phenoxy) is 1. The van der Waals surface area contributed by atoms with Gasteiger partial charge in [0.25, 0.3) is 11.8 Å². The van der Waals surface area contributed by atoms with E-state index in [1.165, 1.54) is 18.4 Å². The third-order valence-corrected chi connectivity index (χ3v) is 3.95. The Bertz CT molecular complexity index is 659. The number of rotatable bonds is 6. The van der Waals surface area contributed by atoms with Gasteiger partial charge in [-0.3, -0.25) is 9.59 Å². The van der Waals surface area contributed by atoms with Gasteiger partial charge in [-0.2, -0.15) is 0 Å². The number of thiophene rings is 1. The Morgan fingerprint density at radius 2 is 1.91 bits per heavy atom. The number of methoxy groups -OCH3 is 1.